The summed E-state index contributed by atoms with van der Waals surface area (Å²) < 4.78 is 28.6. The second kappa shape index (κ2) is 7.49. The molecule has 1 N–H and O–H groups in total. The minimum Gasteiger partial charge on any atom is -0.494 e. The fourth-order valence-electron chi connectivity index (χ4n) is 2.25. The van der Waals surface area contributed by atoms with E-state index in [1.54, 1.807) is 12.1 Å². The van der Waals surface area contributed by atoms with Crippen LogP contribution in [0.2, 0.25) is 0 Å². The fourth-order valence-corrected chi connectivity index (χ4v) is 2.92. The molecular formula is C18H21NO4S. The molecule has 0 aliphatic rings. The molecule has 0 fully saturated rings. The summed E-state index contributed by atoms with van der Waals surface area (Å²) in [5.41, 5.74) is 1.25. The third-order valence-corrected chi connectivity index (χ3v) is 4.67. The van der Waals surface area contributed by atoms with Gasteiger partial charge in [-0.05, 0) is 49.7 Å². The highest BCUT2D eigenvalue weighted by Gasteiger charge is 2.14. The molecule has 2 aromatic rings. The van der Waals surface area contributed by atoms with Gasteiger partial charge in [0.05, 0.1) is 17.5 Å². The zero-order valence-electron chi connectivity index (χ0n) is 13.9. The lowest BCUT2D eigenvalue weighted by Gasteiger charge is -2.15. The summed E-state index contributed by atoms with van der Waals surface area (Å²) in [7, 11) is -3.34. The van der Waals surface area contributed by atoms with E-state index in [-0.39, 0.29) is 16.8 Å². The monoisotopic (exact) mass is 347 g/mol. The summed E-state index contributed by atoms with van der Waals surface area (Å²) in [4.78, 5) is 12.5. The maximum Gasteiger partial charge on any atom is 0.251 e. The van der Waals surface area contributed by atoms with Gasteiger partial charge >= 0.3 is 0 Å². The molecule has 0 aromatic heterocycles. The maximum absolute atomic E-state index is 12.3. The number of sulfone groups is 1. The number of amides is 1. The van der Waals surface area contributed by atoms with Crippen molar-refractivity contribution in [2.24, 2.45) is 0 Å². The van der Waals surface area contributed by atoms with Crippen molar-refractivity contribution >= 4 is 15.7 Å². The molecule has 0 saturated carbocycles. The lowest BCUT2D eigenvalue weighted by atomic mass is 10.1. The molecule has 128 valence electrons. The Labute approximate surface area is 142 Å². The highest BCUT2D eigenvalue weighted by Crippen LogP contribution is 2.18. The smallest absolute Gasteiger partial charge is 0.251 e. The van der Waals surface area contributed by atoms with Gasteiger partial charge in [-0.3, -0.25) is 4.79 Å². The first-order valence-corrected chi connectivity index (χ1v) is 9.54. The van der Waals surface area contributed by atoms with Crippen molar-refractivity contribution in [2.75, 3.05) is 12.9 Å². The van der Waals surface area contributed by atoms with Gasteiger partial charge in [0.2, 0.25) is 0 Å². The van der Waals surface area contributed by atoms with Crippen molar-refractivity contribution < 1.29 is 17.9 Å². The summed E-state index contributed by atoms with van der Waals surface area (Å²) in [5.74, 6) is 0.461. The average molecular weight is 347 g/mol. The summed E-state index contributed by atoms with van der Waals surface area (Å²) in [6.07, 6.45) is 1.12. The van der Waals surface area contributed by atoms with Gasteiger partial charge < -0.3 is 10.1 Å². The van der Waals surface area contributed by atoms with Crippen LogP contribution in [0, 0.1) is 0 Å². The highest BCUT2D eigenvalue weighted by molar-refractivity contribution is 7.90. The Bertz CT molecular complexity index is 813. The Kier molecular flexibility index (Phi) is 5.62. The number of rotatable bonds is 6. The molecule has 0 aliphatic heterocycles. The van der Waals surface area contributed by atoms with Crippen molar-refractivity contribution in [1.82, 2.24) is 5.32 Å². The van der Waals surface area contributed by atoms with Crippen LogP contribution in [-0.2, 0) is 9.84 Å². The summed E-state index contributed by atoms with van der Waals surface area (Å²) in [6, 6.07) is 13.3. The number of carbonyl (C=O) groups is 1. The van der Waals surface area contributed by atoms with Crippen LogP contribution in [0.15, 0.2) is 53.4 Å². The quantitative estimate of drug-likeness (QED) is 0.872. The van der Waals surface area contributed by atoms with Crippen molar-refractivity contribution in [3.8, 4) is 5.75 Å². The van der Waals surface area contributed by atoms with Crippen molar-refractivity contribution in [2.45, 2.75) is 24.8 Å². The number of nitrogens with one attached hydrogen (secondary N) is 1. The number of carbonyl (C=O) groups excluding carboxylic acids is 1. The predicted molar refractivity (Wildman–Crippen MR) is 93.0 cm³/mol. The van der Waals surface area contributed by atoms with E-state index in [0.29, 0.717) is 12.2 Å². The van der Waals surface area contributed by atoms with Gasteiger partial charge in [-0.2, -0.15) is 0 Å². The van der Waals surface area contributed by atoms with Crippen molar-refractivity contribution in [3.05, 3.63) is 59.7 Å². The summed E-state index contributed by atoms with van der Waals surface area (Å²) in [5, 5.41) is 2.87. The molecule has 2 rings (SSSR count). The normalized spacial score (nSPS) is 12.5. The minimum absolute atomic E-state index is 0.129. The third kappa shape index (κ3) is 4.58. The van der Waals surface area contributed by atoms with E-state index in [9.17, 15) is 13.2 Å². The molecule has 1 unspecified atom stereocenters. The van der Waals surface area contributed by atoms with E-state index in [1.165, 1.54) is 12.1 Å². The van der Waals surface area contributed by atoms with Gasteiger partial charge in [-0.1, -0.05) is 18.2 Å². The van der Waals surface area contributed by atoms with Gasteiger partial charge in [0.15, 0.2) is 9.84 Å². The first-order valence-electron chi connectivity index (χ1n) is 7.65. The van der Waals surface area contributed by atoms with Crippen LogP contribution in [0.1, 0.15) is 35.8 Å². The molecule has 0 radical (unpaired) electrons. The Morgan fingerprint density at radius 2 is 1.83 bits per heavy atom. The molecule has 6 heteroatoms. The molecule has 0 bridgehead atoms. The standard InChI is InChI=1S/C18H21NO4S/c1-4-23-16-10-8-14(9-11-16)13(2)19-18(20)15-6-5-7-17(12-15)24(3,21)22/h5-13H,4H2,1-3H3,(H,19,20). The Morgan fingerprint density at radius 3 is 2.42 bits per heavy atom. The SMILES string of the molecule is CCOc1ccc(C(C)NC(=O)c2cccc(S(C)(=O)=O)c2)cc1. The Balaban J connectivity index is 2.11. The predicted octanol–water partition coefficient (Wildman–Crippen LogP) is 2.98. The van der Waals surface area contributed by atoms with Crippen LogP contribution < -0.4 is 10.1 Å². The number of hydrogen-bond donors (Lipinski definition) is 1. The zero-order chi connectivity index (χ0) is 17.7. The highest BCUT2D eigenvalue weighted by atomic mass is 32.2. The second-order valence-electron chi connectivity index (χ2n) is 5.50. The third-order valence-electron chi connectivity index (χ3n) is 3.56. The van der Waals surface area contributed by atoms with Crippen LogP contribution in [-0.4, -0.2) is 27.2 Å². The first-order chi connectivity index (χ1) is 11.3. The van der Waals surface area contributed by atoms with Gasteiger partial charge in [0, 0.05) is 11.8 Å². The molecule has 5 nitrogen and oxygen atoms in total. The molecule has 0 spiro atoms. The number of ether oxygens (including phenoxy) is 1. The van der Waals surface area contributed by atoms with Crippen LogP contribution in [0.3, 0.4) is 0 Å². The fraction of sp³-hybridized carbons (Fsp3) is 0.278. The maximum atomic E-state index is 12.3. The molecule has 2 aromatic carbocycles. The van der Waals surface area contributed by atoms with Gasteiger partial charge in [0.25, 0.3) is 5.91 Å². The molecular weight excluding hydrogens is 326 g/mol. The van der Waals surface area contributed by atoms with E-state index < -0.39 is 9.84 Å². The zero-order valence-corrected chi connectivity index (χ0v) is 14.8. The topological polar surface area (TPSA) is 72.5 Å². The van der Waals surface area contributed by atoms with Crippen LogP contribution in [0.5, 0.6) is 5.75 Å². The van der Waals surface area contributed by atoms with E-state index >= 15 is 0 Å². The average Bonchev–Trinajstić information content (AvgIpc) is 2.55. The van der Waals surface area contributed by atoms with E-state index in [4.69, 9.17) is 4.74 Å². The minimum atomic E-state index is -3.34. The van der Waals surface area contributed by atoms with Crippen molar-refractivity contribution in [1.29, 1.82) is 0 Å². The molecule has 0 aliphatic carbocycles. The first kappa shape index (κ1) is 18.0. The van der Waals surface area contributed by atoms with Crippen LogP contribution in [0.25, 0.3) is 0 Å². The van der Waals surface area contributed by atoms with Crippen LogP contribution >= 0.6 is 0 Å². The number of benzene rings is 2. The Hall–Kier alpha value is -2.34. The molecule has 1 atom stereocenters. The molecule has 24 heavy (non-hydrogen) atoms. The van der Waals surface area contributed by atoms with Crippen LogP contribution in [0.4, 0.5) is 0 Å². The van der Waals surface area contributed by atoms with Gasteiger partial charge in [-0.15, -0.1) is 0 Å². The van der Waals surface area contributed by atoms with E-state index in [1.807, 2.05) is 38.1 Å². The molecule has 0 heterocycles. The number of hydrogen-bond acceptors (Lipinski definition) is 4. The summed E-state index contributed by atoms with van der Waals surface area (Å²) in [6.45, 7) is 4.39. The largest absolute Gasteiger partial charge is 0.494 e. The summed E-state index contributed by atoms with van der Waals surface area (Å²) >= 11 is 0. The molecule has 0 saturated heterocycles. The second-order valence-corrected chi connectivity index (χ2v) is 7.51. The molecule has 1 amide bonds. The lowest BCUT2D eigenvalue weighted by molar-refractivity contribution is 0.0939. The van der Waals surface area contributed by atoms with Crippen molar-refractivity contribution in [3.63, 3.8) is 0 Å². The Morgan fingerprint density at radius 1 is 1.17 bits per heavy atom. The van der Waals surface area contributed by atoms with E-state index in [2.05, 4.69) is 5.32 Å². The lowest BCUT2D eigenvalue weighted by Crippen LogP contribution is -2.26. The van der Waals surface area contributed by atoms with Gasteiger partial charge in [-0.25, -0.2) is 8.42 Å². The van der Waals surface area contributed by atoms with Gasteiger partial charge in [0.1, 0.15) is 5.75 Å². The van der Waals surface area contributed by atoms with E-state index in [0.717, 1.165) is 17.6 Å².